The van der Waals surface area contributed by atoms with E-state index in [1.165, 1.54) is 26.4 Å². The highest BCUT2D eigenvalue weighted by Gasteiger charge is 2.21. The first-order valence-electron chi connectivity index (χ1n) is 10.8. The summed E-state index contributed by atoms with van der Waals surface area (Å²) in [5, 5.41) is 7.14. The molecule has 0 aliphatic heterocycles. The Hall–Kier alpha value is -3.66. The molecule has 0 bridgehead atoms. The fourth-order valence-electron chi connectivity index (χ4n) is 3.82. The molecule has 0 saturated carbocycles. The molecule has 0 aliphatic rings. The van der Waals surface area contributed by atoms with Gasteiger partial charge >= 0.3 is 7.60 Å². The molecule has 1 amide bonds. The van der Waals surface area contributed by atoms with Crippen LogP contribution >= 0.6 is 7.60 Å². The molecule has 0 aliphatic carbocycles. The van der Waals surface area contributed by atoms with Crippen LogP contribution in [0.25, 0.3) is 11.0 Å². The number of aryl methyl sites for hydroxylation is 2. The molecule has 0 unspecified atom stereocenters. The van der Waals surface area contributed by atoms with Gasteiger partial charge in [-0.2, -0.15) is 5.10 Å². The third-order valence-electron chi connectivity index (χ3n) is 5.53. The number of nitrogens with one attached hydrogen (secondary N) is 1. The number of amides is 1. The third-order valence-corrected chi connectivity index (χ3v) is 6.50. The van der Waals surface area contributed by atoms with Crippen molar-refractivity contribution in [1.82, 2.24) is 19.3 Å². The summed E-state index contributed by atoms with van der Waals surface area (Å²) in [5.74, 6) is 0.921. The summed E-state index contributed by atoms with van der Waals surface area (Å²) in [5.41, 5.74) is 3.14. The molecule has 0 spiro atoms. The summed E-state index contributed by atoms with van der Waals surface area (Å²) >= 11 is 0. The number of imidazole rings is 1. The Bertz CT molecular complexity index is 1440. The zero-order chi connectivity index (χ0) is 25.3. The first kappa shape index (κ1) is 24.5. The minimum atomic E-state index is -4.35. The number of hydrogen-bond acceptors (Lipinski definition) is 6. The minimum absolute atomic E-state index is 0.0696. The van der Waals surface area contributed by atoms with Crippen molar-refractivity contribution in [1.29, 1.82) is 0 Å². The number of benzene rings is 2. The highest BCUT2D eigenvalue weighted by molar-refractivity contribution is 7.60. The van der Waals surface area contributed by atoms with Gasteiger partial charge in [0.1, 0.15) is 5.69 Å². The van der Waals surface area contributed by atoms with Gasteiger partial charge in [-0.1, -0.05) is 12.1 Å². The van der Waals surface area contributed by atoms with Crippen LogP contribution in [0, 0.1) is 6.92 Å². The topological polar surface area (TPSA) is 141 Å². The number of nitrogens with zero attached hydrogens (tertiary/aromatic N) is 4. The van der Waals surface area contributed by atoms with Gasteiger partial charge in [0, 0.05) is 18.7 Å². The van der Waals surface area contributed by atoms with E-state index in [0.717, 1.165) is 11.3 Å². The quantitative estimate of drug-likeness (QED) is 0.314. The summed E-state index contributed by atoms with van der Waals surface area (Å²) in [6.07, 6.45) is 0. The van der Waals surface area contributed by atoms with Crippen molar-refractivity contribution in [2.75, 3.05) is 19.5 Å². The largest absolute Gasteiger partial charge is 0.493 e. The fourth-order valence-corrected chi connectivity index (χ4v) is 4.36. The van der Waals surface area contributed by atoms with E-state index >= 15 is 0 Å². The standard InChI is InChI=1S/C23H26N5O6P/c1-5-28-19(10-14(2)26-28)22(29)25-23-24-17-11-20(33-3)21(34-4)12-18(17)27(23)13-15-6-8-16(9-7-15)35(30,31)32/h6-12H,5,13H2,1-4H3,(H,24,25,29)(H2,30,31,32). The molecule has 2 heterocycles. The Kier molecular flexibility index (Phi) is 6.66. The van der Waals surface area contributed by atoms with Crippen LogP contribution in [0.4, 0.5) is 5.95 Å². The molecule has 2 aromatic heterocycles. The lowest BCUT2D eigenvalue weighted by molar-refractivity contribution is 0.101. The van der Waals surface area contributed by atoms with E-state index in [1.54, 1.807) is 39.6 Å². The average molecular weight is 499 g/mol. The van der Waals surface area contributed by atoms with Gasteiger partial charge < -0.3 is 23.8 Å². The molecule has 0 fully saturated rings. The van der Waals surface area contributed by atoms with Crippen molar-refractivity contribution in [2.24, 2.45) is 0 Å². The van der Waals surface area contributed by atoms with Gasteiger partial charge in [-0.05, 0) is 37.6 Å². The molecule has 35 heavy (non-hydrogen) atoms. The number of methoxy groups -OCH3 is 2. The predicted molar refractivity (Wildman–Crippen MR) is 131 cm³/mol. The van der Waals surface area contributed by atoms with Crippen LogP contribution in [-0.4, -0.2) is 49.2 Å². The van der Waals surface area contributed by atoms with Crippen molar-refractivity contribution in [3.8, 4) is 11.5 Å². The zero-order valence-corrected chi connectivity index (χ0v) is 20.6. The van der Waals surface area contributed by atoms with Crippen molar-refractivity contribution in [3.05, 3.63) is 59.4 Å². The van der Waals surface area contributed by atoms with E-state index in [0.29, 0.717) is 40.7 Å². The Labute approximate surface area is 201 Å². The van der Waals surface area contributed by atoms with Crippen LogP contribution in [-0.2, 0) is 17.7 Å². The highest BCUT2D eigenvalue weighted by atomic mass is 31.2. The maximum Gasteiger partial charge on any atom is 0.356 e. The molecule has 0 radical (unpaired) electrons. The molecular formula is C23H26N5O6P. The van der Waals surface area contributed by atoms with E-state index in [2.05, 4.69) is 15.4 Å². The monoisotopic (exact) mass is 499 g/mol. The van der Waals surface area contributed by atoms with Crippen LogP contribution < -0.4 is 20.1 Å². The zero-order valence-electron chi connectivity index (χ0n) is 19.7. The third kappa shape index (κ3) is 4.93. The van der Waals surface area contributed by atoms with Crippen molar-refractivity contribution in [3.63, 3.8) is 0 Å². The molecule has 2 aromatic carbocycles. The Morgan fingerprint density at radius 2 is 1.74 bits per heavy atom. The Balaban J connectivity index is 1.79. The van der Waals surface area contributed by atoms with Crippen LogP contribution in [0.1, 0.15) is 28.7 Å². The van der Waals surface area contributed by atoms with E-state index in [1.807, 2.05) is 13.8 Å². The molecular weight excluding hydrogens is 473 g/mol. The minimum Gasteiger partial charge on any atom is -0.493 e. The van der Waals surface area contributed by atoms with Crippen LogP contribution in [0.3, 0.4) is 0 Å². The number of aromatic nitrogens is 4. The second kappa shape index (κ2) is 9.53. The average Bonchev–Trinajstić information content (AvgIpc) is 3.37. The number of hydrogen-bond donors (Lipinski definition) is 3. The summed E-state index contributed by atoms with van der Waals surface area (Å²) in [4.78, 5) is 36.5. The normalized spacial score (nSPS) is 11.6. The number of fused-ring (bicyclic) bond motifs is 1. The highest BCUT2D eigenvalue weighted by Crippen LogP contribution is 2.35. The van der Waals surface area contributed by atoms with Gasteiger partial charge in [0.05, 0.1) is 42.8 Å². The summed E-state index contributed by atoms with van der Waals surface area (Å²) in [6.45, 7) is 4.53. The summed E-state index contributed by atoms with van der Waals surface area (Å²) in [7, 11) is -1.29. The second-order valence-corrected chi connectivity index (χ2v) is 9.47. The van der Waals surface area contributed by atoms with Crippen molar-refractivity contribution in [2.45, 2.75) is 26.9 Å². The number of anilines is 1. The Morgan fingerprint density at radius 3 is 2.34 bits per heavy atom. The summed E-state index contributed by atoms with van der Waals surface area (Å²) < 4.78 is 25.8. The lowest BCUT2D eigenvalue weighted by Crippen LogP contribution is -2.20. The number of carbonyl (C=O) groups is 1. The smallest absolute Gasteiger partial charge is 0.356 e. The molecule has 0 saturated heterocycles. The van der Waals surface area contributed by atoms with Gasteiger partial charge in [0.15, 0.2) is 11.5 Å². The lowest BCUT2D eigenvalue weighted by atomic mass is 10.2. The molecule has 4 rings (SSSR count). The van der Waals surface area contributed by atoms with Gasteiger partial charge in [0.2, 0.25) is 5.95 Å². The molecule has 184 valence electrons. The van der Waals surface area contributed by atoms with E-state index in [9.17, 15) is 19.1 Å². The first-order chi connectivity index (χ1) is 16.6. The molecule has 3 N–H and O–H groups in total. The number of rotatable bonds is 8. The van der Waals surface area contributed by atoms with Crippen LogP contribution in [0.2, 0.25) is 0 Å². The molecule has 4 aromatic rings. The van der Waals surface area contributed by atoms with Gasteiger partial charge in [-0.25, -0.2) is 4.98 Å². The number of ether oxygens (including phenoxy) is 2. The predicted octanol–water partition coefficient (Wildman–Crippen LogP) is 2.68. The Morgan fingerprint density at radius 1 is 1.09 bits per heavy atom. The van der Waals surface area contributed by atoms with E-state index in [4.69, 9.17) is 9.47 Å². The maximum atomic E-state index is 13.1. The first-order valence-corrected chi connectivity index (χ1v) is 12.4. The molecule has 11 nitrogen and oxygen atoms in total. The fraction of sp³-hybridized carbons (Fsp3) is 0.261. The van der Waals surface area contributed by atoms with Gasteiger partial charge in [0.25, 0.3) is 5.91 Å². The SMILES string of the molecule is CCn1nc(C)cc1C(=O)Nc1nc2cc(OC)c(OC)cc2n1Cc1ccc(P(=O)(O)O)cc1. The number of carbonyl (C=O) groups excluding carboxylic acids is 1. The van der Waals surface area contributed by atoms with Gasteiger partial charge in [-0.3, -0.25) is 19.4 Å². The van der Waals surface area contributed by atoms with Crippen LogP contribution in [0.15, 0.2) is 42.5 Å². The van der Waals surface area contributed by atoms with Gasteiger partial charge in [-0.15, -0.1) is 0 Å². The van der Waals surface area contributed by atoms with E-state index in [-0.39, 0.29) is 17.8 Å². The molecule has 0 atom stereocenters. The van der Waals surface area contributed by atoms with Crippen molar-refractivity contribution < 1.29 is 28.6 Å². The maximum absolute atomic E-state index is 13.1. The van der Waals surface area contributed by atoms with Crippen molar-refractivity contribution >= 4 is 35.8 Å². The van der Waals surface area contributed by atoms with Crippen LogP contribution in [0.5, 0.6) is 11.5 Å². The van der Waals surface area contributed by atoms with E-state index < -0.39 is 7.60 Å². The lowest BCUT2D eigenvalue weighted by Gasteiger charge is -2.13. The molecule has 12 heteroatoms. The second-order valence-electron chi connectivity index (χ2n) is 7.87. The summed E-state index contributed by atoms with van der Waals surface area (Å²) in [6, 6.07) is 11.2.